The number of para-hydroxylation sites is 2. The van der Waals surface area contributed by atoms with E-state index in [-0.39, 0.29) is 0 Å². The summed E-state index contributed by atoms with van der Waals surface area (Å²) in [7, 11) is 0. The Labute approximate surface area is 324 Å². The maximum Gasteiger partial charge on any atom is 0.147 e. The highest BCUT2D eigenvalue weighted by atomic mass is 16.3. The largest absolute Gasteiger partial charge is 0.456 e. The summed E-state index contributed by atoms with van der Waals surface area (Å²) in [6.07, 6.45) is 0. The molecule has 0 radical (unpaired) electrons. The molecule has 0 aliphatic carbocycles. The third-order valence-electron chi connectivity index (χ3n) is 11.0. The lowest BCUT2D eigenvalue weighted by Gasteiger charge is -2.26. The number of rotatable bonds is 6. The number of furan rings is 2. The minimum atomic E-state index is 0.816. The number of nitrogens with zero attached hydrogens (tertiary/aromatic N) is 2. The zero-order chi connectivity index (χ0) is 37.3. The molecule has 56 heavy (non-hydrogen) atoms. The van der Waals surface area contributed by atoms with Gasteiger partial charge in [0.15, 0.2) is 0 Å². The molecular formula is C52H36N2O2. The quantitative estimate of drug-likeness (QED) is 0.171. The van der Waals surface area contributed by atoms with Crippen molar-refractivity contribution < 1.29 is 8.83 Å². The van der Waals surface area contributed by atoms with Crippen molar-refractivity contribution in [2.75, 3.05) is 9.80 Å². The second-order valence-corrected chi connectivity index (χ2v) is 14.8. The molecule has 4 heteroatoms. The Balaban J connectivity index is 1.04. The monoisotopic (exact) mass is 720 g/mol. The lowest BCUT2D eigenvalue weighted by atomic mass is 10.0. The van der Waals surface area contributed by atoms with E-state index < -0.39 is 0 Å². The van der Waals surface area contributed by atoms with Gasteiger partial charge in [-0.25, -0.2) is 0 Å². The van der Waals surface area contributed by atoms with Crippen molar-refractivity contribution in [2.45, 2.75) is 13.8 Å². The summed E-state index contributed by atoms with van der Waals surface area (Å²) in [5, 5.41) is 8.77. The number of benzene rings is 9. The van der Waals surface area contributed by atoms with Crippen LogP contribution in [0.3, 0.4) is 0 Å². The van der Waals surface area contributed by atoms with Crippen molar-refractivity contribution in [2.24, 2.45) is 0 Å². The van der Waals surface area contributed by atoms with Crippen LogP contribution in [0, 0.1) is 13.8 Å². The molecule has 11 aromatic rings. The van der Waals surface area contributed by atoms with E-state index in [0.717, 1.165) is 99.5 Å². The number of anilines is 6. The van der Waals surface area contributed by atoms with E-state index in [4.69, 9.17) is 8.83 Å². The van der Waals surface area contributed by atoms with Crippen LogP contribution in [0.2, 0.25) is 0 Å². The van der Waals surface area contributed by atoms with Gasteiger partial charge >= 0.3 is 0 Å². The SMILES string of the molecule is Cc1cccc(N(c2ccccc2)c2ccc3cc4c(cc3c2)oc2c4ccc3oc4cc5cc(N(c6ccccc6)c6cccc(C)c6)ccc5cc4c32)c1. The van der Waals surface area contributed by atoms with Gasteiger partial charge in [-0.1, -0.05) is 72.8 Å². The lowest BCUT2D eigenvalue weighted by molar-refractivity contribution is 0.663. The lowest BCUT2D eigenvalue weighted by Crippen LogP contribution is -2.09. The van der Waals surface area contributed by atoms with Crippen LogP contribution in [0.5, 0.6) is 0 Å². The average molecular weight is 721 g/mol. The summed E-state index contributed by atoms with van der Waals surface area (Å²) in [4.78, 5) is 4.62. The van der Waals surface area contributed by atoms with Crippen LogP contribution in [0.1, 0.15) is 11.1 Å². The standard InChI is InChI=1S/C52H36N2O2/c1-33-11-9-17-41(25-33)53(39-13-5-3-6-14-39)43-21-19-35-29-46-45-23-24-48-51(52(45)56-49(46)31-37(35)27-43)47-30-36-20-22-44(28-38(36)32-50(47)55-48)54(40-15-7-4-8-16-40)42-18-10-12-34(2)26-42/h3-32H,1-2H3. The molecule has 0 bridgehead atoms. The first-order chi connectivity index (χ1) is 27.5. The molecule has 2 heterocycles. The predicted molar refractivity (Wildman–Crippen MR) is 235 cm³/mol. The molecule has 4 nitrogen and oxygen atoms in total. The highest BCUT2D eigenvalue weighted by Gasteiger charge is 2.20. The van der Waals surface area contributed by atoms with Gasteiger partial charge < -0.3 is 18.6 Å². The van der Waals surface area contributed by atoms with Gasteiger partial charge in [0.25, 0.3) is 0 Å². The molecule has 0 aliphatic rings. The van der Waals surface area contributed by atoms with E-state index in [1.807, 2.05) is 0 Å². The zero-order valence-corrected chi connectivity index (χ0v) is 31.0. The summed E-state index contributed by atoms with van der Waals surface area (Å²) >= 11 is 0. The summed E-state index contributed by atoms with van der Waals surface area (Å²) in [5.41, 5.74) is 12.4. The zero-order valence-electron chi connectivity index (χ0n) is 31.0. The number of hydrogen-bond donors (Lipinski definition) is 0. The molecule has 0 N–H and O–H groups in total. The smallest absolute Gasteiger partial charge is 0.147 e. The summed E-state index contributed by atoms with van der Waals surface area (Å²) in [5.74, 6) is 0. The Morgan fingerprint density at radius 2 is 0.821 bits per heavy atom. The molecule has 266 valence electrons. The topological polar surface area (TPSA) is 32.8 Å². The van der Waals surface area contributed by atoms with Crippen molar-refractivity contribution in [1.29, 1.82) is 0 Å². The van der Waals surface area contributed by atoms with E-state index in [1.54, 1.807) is 0 Å². The molecule has 0 amide bonds. The first-order valence-electron chi connectivity index (χ1n) is 19.1. The fourth-order valence-corrected chi connectivity index (χ4v) is 8.42. The maximum atomic E-state index is 6.82. The van der Waals surface area contributed by atoms with Gasteiger partial charge in [-0.15, -0.1) is 0 Å². The Kier molecular flexibility index (Phi) is 7.26. The van der Waals surface area contributed by atoms with Gasteiger partial charge in [-0.3, -0.25) is 0 Å². The van der Waals surface area contributed by atoms with Crippen LogP contribution in [0.25, 0.3) is 65.4 Å². The number of hydrogen-bond acceptors (Lipinski definition) is 4. The van der Waals surface area contributed by atoms with Crippen LogP contribution in [-0.4, -0.2) is 0 Å². The van der Waals surface area contributed by atoms with Gasteiger partial charge in [-0.2, -0.15) is 0 Å². The van der Waals surface area contributed by atoms with Gasteiger partial charge in [0, 0.05) is 50.3 Å². The third-order valence-corrected chi connectivity index (χ3v) is 11.0. The number of aryl methyl sites for hydroxylation is 2. The molecule has 0 saturated carbocycles. The average Bonchev–Trinajstić information content (AvgIpc) is 3.77. The highest BCUT2D eigenvalue weighted by Crippen LogP contribution is 2.44. The van der Waals surface area contributed by atoms with Crippen LogP contribution in [0.4, 0.5) is 34.1 Å². The fraction of sp³-hybridized carbons (Fsp3) is 0.0385. The number of fused-ring (bicyclic) bond motifs is 9. The molecule has 0 aliphatic heterocycles. The first kappa shape index (κ1) is 32.2. The molecule has 0 saturated heterocycles. The van der Waals surface area contributed by atoms with E-state index in [1.165, 1.54) is 11.1 Å². The highest BCUT2D eigenvalue weighted by molar-refractivity contribution is 6.24. The normalized spacial score (nSPS) is 11.8. The van der Waals surface area contributed by atoms with E-state index in [9.17, 15) is 0 Å². The van der Waals surface area contributed by atoms with Crippen molar-refractivity contribution >= 4 is 99.5 Å². The second kappa shape index (κ2) is 12.6. The Morgan fingerprint density at radius 3 is 1.38 bits per heavy atom. The van der Waals surface area contributed by atoms with E-state index in [0.29, 0.717) is 0 Å². The van der Waals surface area contributed by atoms with Crippen LogP contribution >= 0.6 is 0 Å². The molecule has 0 unspecified atom stereocenters. The maximum absolute atomic E-state index is 6.82. The van der Waals surface area contributed by atoms with Crippen molar-refractivity contribution in [3.05, 3.63) is 193 Å². The molecular weight excluding hydrogens is 685 g/mol. The molecule has 0 spiro atoms. The summed E-state index contributed by atoms with van der Waals surface area (Å²) < 4.78 is 13.4. The molecule has 2 aromatic heterocycles. The minimum absolute atomic E-state index is 0.816. The Morgan fingerprint density at radius 1 is 0.321 bits per heavy atom. The van der Waals surface area contributed by atoms with Crippen LogP contribution in [-0.2, 0) is 0 Å². The molecule has 9 aromatic carbocycles. The van der Waals surface area contributed by atoms with E-state index in [2.05, 4.69) is 206 Å². The van der Waals surface area contributed by atoms with Crippen molar-refractivity contribution in [1.82, 2.24) is 0 Å². The van der Waals surface area contributed by atoms with Crippen LogP contribution < -0.4 is 9.80 Å². The van der Waals surface area contributed by atoms with E-state index >= 15 is 0 Å². The Hall–Kier alpha value is -7.30. The fourth-order valence-electron chi connectivity index (χ4n) is 8.42. The second-order valence-electron chi connectivity index (χ2n) is 14.8. The van der Waals surface area contributed by atoms with Crippen molar-refractivity contribution in [3.63, 3.8) is 0 Å². The molecule has 0 atom stereocenters. The van der Waals surface area contributed by atoms with Crippen molar-refractivity contribution in [3.8, 4) is 0 Å². The summed E-state index contributed by atoms with van der Waals surface area (Å²) in [6.45, 7) is 4.27. The Bertz CT molecular complexity index is 3290. The molecule has 11 rings (SSSR count). The van der Waals surface area contributed by atoms with Gasteiger partial charge in [-0.05, 0) is 156 Å². The first-order valence-corrected chi connectivity index (χ1v) is 19.1. The summed E-state index contributed by atoms with van der Waals surface area (Å²) in [6, 6.07) is 64.8. The minimum Gasteiger partial charge on any atom is -0.456 e. The van der Waals surface area contributed by atoms with Crippen LogP contribution in [0.15, 0.2) is 191 Å². The third kappa shape index (κ3) is 5.30. The predicted octanol–water partition coefficient (Wildman–Crippen LogP) is 15.3. The van der Waals surface area contributed by atoms with Gasteiger partial charge in [0.1, 0.15) is 22.3 Å². The molecule has 0 fully saturated rings. The van der Waals surface area contributed by atoms with Gasteiger partial charge in [0.2, 0.25) is 0 Å². The van der Waals surface area contributed by atoms with Gasteiger partial charge in [0.05, 0.1) is 5.39 Å².